The zero-order chi connectivity index (χ0) is 22.7. The molecule has 0 saturated carbocycles. The molecule has 164 valence electrons. The van der Waals surface area contributed by atoms with Crippen molar-refractivity contribution in [2.75, 3.05) is 6.54 Å². The fraction of sp³-hybridized carbons (Fsp3) is 0.421. The zero-order valence-corrected chi connectivity index (χ0v) is 16.6. The molecule has 0 radical (unpaired) electrons. The standard InChI is InChI=1S/C19H27N5O6/c1-11(19(29)30)23-16(26)10-22-18(28)14(7-8-15(21)25)24-17(27)13(20)9-12-5-3-2-4-6-12/h2-6,11,13-14H,7-10,20H2,1H3,(H2,21,25)(H,22,28)(H,23,26)(H,24,27)(H,29,30). The SMILES string of the molecule is CC(NC(=O)CNC(=O)C(CCC(N)=O)NC(=O)C(N)Cc1ccccc1)C(=O)O. The van der Waals surface area contributed by atoms with Crippen molar-refractivity contribution in [1.82, 2.24) is 16.0 Å². The minimum atomic E-state index is -1.23. The van der Waals surface area contributed by atoms with Crippen molar-refractivity contribution in [2.24, 2.45) is 11.5 Å². The zero-order valence-electron chi connectivity index (χ0n) is 16.6. The van der Waals surface area contributed by atoms with Gasteiger partial charge in [-0.1, -0.05) is 30.3 Å². The highest BCUT2D eigenvalue weighted by Gasteiger charge is 2.25. The molecule has 11 heteroatoms. The number of nitrogens with two attached hydrogens (primary N) is 2. The molecule has 0 spiro atoms. The first kappa shape index (κ1) is 24.6. The van der Waals surface area contributed by atoms with Crippen LogP contribution < -0.4 is 27.4 Å². The Kier molecular flexibility index (Phi) is 9.97. The van der Waals surface area contributed by atoms with Crippen LogP contribution in [0.1, 0.15) is 25.3 Å². The first-order chi connectivity index (χ1) is 14.1. The van der Waals surface area contributed by atoms with Gasteiger partial charge in [0.25, 0.3) is 0 Å². The van der Waals surface area contributed by atoms with Crippen LogP contribution in [0, 0.1) is 0 Å². The fourth-order valence-corrected chi connectivity index (χ4v) is 2.44. The predicted octanol–water partition coefficient (Wildman–Crippen LogP) is -1.99. The highest BCUT2D eigenvalue weighted by molar-refractivity contribution is 5.92. The molecule has 0 aliphatic heterocycles. The van der Waals surface area contributed by atoms with Crippen LogP contribution in [0.3, 0.4) is 0 Å². The van der Waals surface area contributed by atoms with E-state index < -0.39 is 54.3 Å². The van der Waals surface area contributed by atoms with Gasteiger partial charge >= 0.3 is 5.97 Å². The van der Waals surface area contributed by atoms with Crippen LogP contribution in [0.2, 0.25) is 0 Å². The second-order valence-electron chi connectivity index (χ2n) is 6.71. The van der Waals surface area contributed by atoms with E-state index in [1.807, 2.05) is 6.07 Å². The van der Waals surface area contributed by atoms with Gasteiger partial charge in [-0.15, -0.1) is 0 Å². The van der Waals surface area contributed by atoms with Crippen LogP contribution >= 0.6 is 0 Å². The van der Waals surface area contributed by atoms with Crippen molar-refractivity contribution in [1.29, 1.82) is 0 Å². The van der Waals surface area contributed by atoms with Gasteiger partial charge in [0.2, 0.25) is 23.6 Å². The normalized spacial score (nSPS) is 13.4. The average molecular weight is 421 g/mol. The van der Waals surface area contributed by atoms with Crippen molar-refractivity contribution < 1.29 is 29.1 Å². The van der Waals surface area contributed by atoms with Gasteiger partial charge < -0.3 is 32.5 Å². The Morgan fingerprint density at radius 1 is 1.03 bits per heavy atom. The van der Waals surface area contributed by atoms with E-state index in [-0.39, 0.29) is 19.3 Å². The number of carbonyl (C=O) groups excluding carboxylic acids is 4. The first-order valence-electron chi connectivity index (χ1n) is 9.28. The summed E-state index contributed by atoms with van der Waals surface area (Å²) in [5.41, 5.74) is 11.9. The Morgan fingerprint density at radius 3 is 2.23 bits per heavy atom. The predicted molar refractivity (Wildman–Crippen MR) is 107 cm³/mol. The van der Waals surface area contributed by atoms with Crippen LogP contribution in [-0.4, -0.2) is 59.4 Å². The van der Waals surface area contributed by atoms with E-state index in [1.54, 1.807) is 24.3 Å². The van der Waals surface area contributed by atoms with Crippen molar-refractivity contribution >= 4 is 29.6 Å². The molecule has 0 aliphatic carbocycles. The summed E-state index contributed by atoms with van der Waals surface area (Å²) in [6, 6.07) is 5.84. The summed E-state index contributed by atoms with van der Waals surface area (Å²) in [4.78, 5) is 58.3. The molecule has 8 N–H and O–H groups in total. The van der Waals surface area contributed by atoms with Crippen LogP contribution in [0.25, 0.3) is 0 Å². The van der Waals surface area contributed by atoms with E-state index >= 15 is 0 Å². The van der Waals surface area contributed by atoms with Crippen LogP contribution in [-0.2, 0) is 30.4 Å². The van der Waals surface area contributed by atoms with Gasteiger partial charge in [0.1, 0.15) is 12.1 Å². The van der Waals surface area contributed by atoms with Gasteiger partial charge in [-0.2, -0.15) is 0 Å². The summed E-state index contributed by atoms with van der Waals surface area (Å²) in [5, 5.41) is 15.7. The summed E-state index contributed by atoms with van der Waals surface area (Å²) < 4.78 is 0. The van der Waals surface area contributed by atoms with Gasteiger partial charge in [-0.25, -0.2) is 0 Å². The largest absolute Gasteiger partial charge is 0.480 e. The Balaban J connectivity index is 2.66. The minimum Gasteiger partial charge on any atom is -0.480 e. The lowest BCUT2D eigenvalue weighted by molar-refractivity contribution is -0.141. The first-order valence-corrected chi connectivity index (χ1v) is 9.28. The van der Waals surface area contributed by atoms with E-state index in [0.717, 1.165) is 5.56 Å². The van der Waals surface area contributed by atoms with Crippen LogP contribution in [0.4, 0.5) is 0 Å². The lowest BCUT2D eigenvalue weighted by atomic mass is 10.0. The highest BCUT2D eigenvalue weighted by atomic mass is 16.4. The second kappa shape index (κ2) is 12.2. The number of hydrogen-bond donors (Lipinski definition) is 6. The Labute approximate surface area is 173 Å². The molecule has 30 heavy (non-hydrogen) atoms. The van der Waals surface area contributed by atoms with E-state index in [4.69, 9.17) is 16.6 Å². The molecule has 1 rings (SSSR count). The third kappa shape index (κ3) is 9.15. The van der Waals surface area contributed by atoms with Gasteiger partial charge in [0, 0.05) is 6.42 Å². The number of carbonyl (C=O) groups is 5. The van der Waals surface area contributed by atoms with E-state index in [0.29, 0.717) is 0 Å². The quantitative estimate of drug-likeness (QED) is 0.225. The number of benzene rings is 1. The molecule has 3 atom stereocenters. The highest BCUT2D eigenvalue weighted by Crippen LogP contribution is 2.04. The summed E-state index contributed by atoms with van der Waals surface area (Å²) in [6.07, 6.45) is -0.0149. The number of hydrogen-bond acceptors (Lipinski definition) is 6. The number of carboxylic acid groups (broad SMARTS) is 1. The summed E-state index contributed by atoms with van der Waals surface area (Å²) >= 11 is 0. The van der Waals surface area contributed by atoms with Crippen LogP contribution in [0.5, 0.6) is 0 Å². The maximum atomic E-state index is 12.4. The van der Waals surface area contributed by atoms with E-state index in [9.17, 15) is 24.0 Å². The molecule has 11 nitrogen and oxygen atoms in total. The number of carboxylic acids is 1. The Bertz CT molecular complexity index is 770. The summed E-state index contributed by atoms with van der Waals surface area (Å²) in [5.74, 6) is -3.95. The third-order valence-electron chi connectivity index (χ3n) is 4.12. The maximum Gasteiger partial charge on any atom is 0.325 e. The number of aliphatic carboxylic acids is 1. The molecule has 0 aromatic heterocycles. The van der Waals surface area contributed by atoms with Crippen molar-refractivity contribution in [3.05, 3.63) is 35.9 Å². The minimum absolute atomic E-state index is 0.0852. The second-order valence-corrected chi connectivity index (χ2v) is 6.71. The molecular weight excluding hydrogens is 394 g/mol. The van der Waals surface area contributed by atoms with Gasteiger partial charge in [0.05, 0.1) is 12.6 Å². The molecule has 0 saturated heterocycles. The smallest absolute Gasteiger partial charge is 0.325 e. The third-order valence-corrected chi connectivity index (χ3v) is 4.12. The topological polar surface area (TPSA) is 194 Å². The average Bonchev–Trinajstić information content (AvgIpc) is 2.69. The maximum absolute atomic E-state index is 12.4. The summed E-state index contributed by atoms with van der Waals surface area (Å²) in [7, 11) is 0. The number of amides is 4. The van der Waals surface area contributed by atoms with E-state index in [2.05, 4.69) is 16.0 Å². The Morgan fingerprint density at radius 2 is 1.67 bits per heavy atom. The van der Waals surface area contributed by atoms with Crippen molar-refractivity contribution in [3.8, 4) is 0 Å². The lowest BCUT2D eigenvalue weighted by Crippen LogP contribution is -2.53. The molecule has 1 aromatic carbocycles. The monoisotopic (exact) mass is 421 g/mol. The van der Waals surface area contributed by atoms with Crippen molar-refractivity contribution in [3.63, 3.8) is 0 Å². The Hall–Kier alpha value is -3.47. The van der Waals surface area contributed by atoms with Gasteiger partial charge in [-0.3, -0.25) is 24.0 Å². The van der Waals surface area contributed by atoms with Crippen molar-refractivity contribution in [2.45, 2.75) is 44.3 Å². The molecule has 0 fully saturated rings. The molecule has 1 aromatic rings. The number of primary amides is 1. The molecule has 4 amide bonds. The van der Waals surface area contributed by atoms with Gasteiger partial charge in [-0.05, 0) is 25.3 Å². The molecule has 0 aliphatic rings. The molecule has 3 unspecified atom stereocenters. The molecule has 0 heterocycles. The molecule has 0 bridgehead atoms. The summed E-state index contributed by atoms with van der Waals surface area (Å²) in [6.45, 7) is 0.765. The van der Waals surface area contributed by atoms with Crippen LogP contribution in [0.15, 0.2) is 30.3 Å². The van der Waals surface area contributed by atoms with Gasteiger partial charge in [0.15, 0.2) is 0 Å². The van der Waals surface area contributed by atoms with E-state index in [1.165, 1.54) is 6.92 Å². The molecular formula is C19H27N5O6. The number of nitrogens with one attached hydrogen (secondary N) is 3. The fourth-order valence-electron chi connectivity index (χ4n) is 2.44. The number of rotatable bonds is 12. The lowest BCUT2D eigenvalue weighted by Gasteiger charge is -2.20.